The predicted molar refractivity (Wildman–Crippen MR) is 98.7 cm³/mol. The van der Waals surface area contributed by atoms with Crippen LogP contribution in [-0.4, -0.2) is 33.7 Å². The molecule has 0 radical (unpaired) electrons. The Hall–Kier alpha value is -0.820. The molecule has 3 heterocycles. The van der Waals surface area contributed by atoms with E-state index in [9.17, 15) is 5.11 Å². The number of nitrogens with zero attached hydrogens (tertiary/aromatic N) is 2. The summed E-state index contributed by atoms with van der Waals surface area (Å²) in [5, 5.41) is 14.7. The third-order valence-corrected chi connectivity index (χ3v) is 6.82. The van der Waals surface area contributed by atoms with Crippen molar-refractivity contribution >= 4 is 34.0 Å². The fourth-order valence-electron chi connectivity index (χ4n) is 3.42. The topological polar surface area (TPSA) is 26.5 Å². The minimum absolute atomic E-state index is 0. The van der Waals surface area contributed by atoms with Crippen LogP contribution in [0.25, 0.3) is 0 Å². The number of β-amino-alcohol motifs (C(OH)–C–C–N with tert-alkyl or cyclic N) is 1. The molecule has 0 spiro atoms. The zero-order valence-electron chi connectivity index (χ0n) is 13.8. The van der Waals surface area contributed by atoms with Crippen LogP contribution in [0.2, 0.25) is 0 Å². The van der Waals surface area contributed by atoms with E-state index in [0.29, 0.717) is 6.54 Å². The van der Waals surface area contributed by atoms with Gasteiger partial charge in [-0.15, -0.1) is 11.3 Å². The number of halogens is 1. The van der Waals surface area contributed by atoms with Gasteiger partial charge in [-0.1, -0.05) is 18.2 Å². The summed E-state index contributed by atoms with van der Waals surface area (Å²) in [4.78, 5) is 3.34. The Morgan fingerprint density at radius 1 is 1.25 bits per heavy atom. The average Bonchev–Trinajstić information content (AvgIpc) is 3.18. The molecule has 1 atom stereocenters. The van der Waals surface area contributed by atoms with Crippen molar-refractivity contribution in [1.29, 1.82) is 0 Å². The van der Waals surface area contributed by atoms with Crippen molar-refractivity contribution in [1.82, 2.24) is 0 Å². The maximum atomic E-state index is 11.5. The molecule has 2 aliphatic heterocycles. The monoisotopic (exact) mass is 424 g/mol. The third kappa shape index (κ3) is 2.83. The number of thiophene rings is 1. The fourth-order valence-corrected chi connectivity index (χ4v) is 5.41. The second-order valence-corrected chi connectivity index (χ2v) is 8.32. The van der Waals surface area contributed by atoms with Gasteiger partial charge in [-0.3, -0.25) is 0 Å². The van der Waals surface area contributed by atoms with Gasteiger partial charge < -0.3 is 22.1 Å². The molecule has 1 N–H and O–H groups in total. The second-order valence-electron chi connectivity index (χ2n) is 6.31. The molecular weight excluding hydrogens is 404 g/mol. The van der Waals surface area contributed by atoms with Crippen LogP contribution >= 0.6 is 23.1 Å². The van der Waals surface area contributed by atoms with E-state index in [1.807, 2.05) is 29.3 Å². The van der Waals surface area contributed by atoms with Crippen LogP contribution in [-0.2, 0) is 5.72 Å². The van der Waals surface area contributed by atoms with Gasteiger partial charge in [0.1, 0.15) is 5.69 Å². The number of hydrogen-bond donors (Lipinski definition) is 1. The summed E-state index contributed by atoms with van der Waals surface area (Å²) < 4.78 is 2.20. The van der Waals surface area contributed by atoms with E-state index >= 15 is 0 Å². The molecule has 0 saturated carbocycles. The van der Waals surface area contributed by atoms with Crippen molar-refractivity contribution in [2.75, 3.05) is 23.7 Å². The van der Waals surface area contributed by atoms with E-state index in [1.165, 1.54) is 22.0 Å². The summed E-state index contributed by atoms with van der Waals surface area (Å²) in [7, 11) is 0. The molecular formula is C18H21BrN2OS2. The van der Waals surface area contributed by atoms with Gasteiger partial charge in [0.2, 0.25) is 0 Å². The lowest BCUT2D eigenvalue weighted by Gasteiger charge is -2.22. The van der Waals surface area contributed by atoms with Gasteiger partial charge in [0, 0.05) is 5.75 Å². The number of thioether (sulfide) groups is 1. The SMILES string of the molecule is Cc1ccc(C)c(N2CC(O)(c3cccs3)[N+]3=C2SCCC3)c1.[Br-]. The molecule has 1 aromatic carbocycles. The highest BCUT2D eigenvalue weighted by molar-refractivity contribution is 8.13. The first-order valence-electron chi connectivity index (χ1n) is 7.98. The molecule has 4 rings (SSSR count). The number of amidine groups is 1. The minimum Gasteiger partial charge on any atom is -1.00 e. The molecule has 2 aliphatic rings. The zero-order valence-corrected chi connectivity index (χ0v) is 17.0. The van der Waals surface area contributed by atoms with Crippen LogP contribution in [0, 0.1) is 13.8 Å². The number of hydrogen-bond acceptors (Lipinski definition) is 4. The van der Waals surface area contributed by atoms with Gasteiger partial charge >= 0.3 is 5.17 Å². The molecule has 6 heteroatoms. The Morgan fingerprint density at radius 2 is 2.08 bits per heavy atom. The van der Waals surface area contributed by atoms with Gasteiger partial charge in [-0.25, -0.2) is 9.48 Å². The Kier molecular flexibility index (Phi) is 5.12. The molecule has 3 nitrogen and oxygen atoms in total. The maximum absolute atomic E-state index is 11.5. The molecule has 0 amide bonds. The Labute approximate surface area is 161 Å². The lowest BCUT2D eigenvalue weighted by molar-refractivity contribution is -0.655. The van der Waals surface area contributed by atoms with E-state index in [0.717, 1.165) is 23.6 Å². The summed E-state index contributed by atoms with van der Waals surface area (Å²) >= 11 is 3.50. The maximum Gasteiger partial charge on any atom is 0.316 e. The molecule has 1 unspecified atom stereocenters. The zero-order chi connectivity index (χ0) is 16.0. The lowest BCUT2D eigenvalue weighted by atomic mass is 10.1. The largest absolute Gasteiger partial charge is 1.00 e. The van der Waals surface area contributed by atoms with E-state index in [4.69, 9.17) is 0 Å². The molecule has 24 heavy (non-hydrogen) atoms. The molecule has 0 fully saturated rings. The van der Waals surface area contributed by atoms with Crippen molar-refractivity contribution in [3.05, 3.63) is 51.7 Å². The molecule has 0 bridgehead atoms. The Morgan fingerprint density at radius 3 is 2.83 bits per heavy atom. The first-order valence-corrected chi connectivity index (χ1v) is 9.85. The van der Waals surface area contributed by atoms with Crippen LogP contribution in [0.3, 0.4) is 0 Å². The molecule has 128 valence electrons. The van der Waals surface area contributed by atoms with Gasteiger partial charge in [0.05, 0.1) is 11.4 Å². The summed E-state index contributed by atoms with van der Waals surface area (Å²) in [5.74, 6) is 1.12. The van der Waals surface area contributed by atoms with E-state index in [-0.39, 0.29) is 17.0 Å². The molecule has 0 saturated heterocycles. The summed E-state index contributed by atoms with van der Waals surface area (Å²) in [6.07, 6.45) is 1.11. The van der Waals surface area contributed by atoms with Gasteiger partial charge in [-0.05, 0) is 60.7 Å². The van der Waals surface area contributed by atoms with Gasteiger partial charge in [0.15, 0.2) is 6.54 Å². The summed E-state index contributed by atoms with van der Waals surface area (Å²) in [6.45, 7) is 5.79. The van der Waals surface area contributed by atoms with Crippen LogP contribution in [0.15, 0.2) is 35.7 Å². The minimum atomic E-state index is -0.910. The Balaban J connectivity index is 0.00000169. The van der Waals surface area contributed by atoms with Gasteiger partial charge in [0.25, 0.3) is 5.72 Å². The van der Waals surface area contributed by atoms with Crippen molar-refractivity contribution in [2.45, 2.75) is 26.0 Å². The van der Waals surface area contributed by atoms with Crippen LogP contribution < -0.4 is 21.9 Å². The number of rotatable bonds is 2. The lowest BCUT2D eigenvalue weighted by Crippen LogP contribution is -3.00. The quantitative estimate of drug-likeness (QED) is 0.712. The third-order valence-electron chi connectivity index (χ3n) is 4.62. The Bertz CT molecular complexity index is 775. The first kappa shape index (κ1) is 18.0. The van der Waals surface area contributed by atoms with Crippen molar-refractivity contribution in [2.24, 2.45) is 0 Å². The van der Waals surface area contributed by atoms with E-state index < -0.39 is 5.72 Å². The highest BCUT2D eigenvalue weighted by atomic mass is 79.9. The first-order chi connectivity index (χ1) is 11.1. The average molecular weight is 425 g/mol. The number of anilines is 1. The fraction of sp³-hybridized carbons (Fsp3) is 0.389. The van der Waals surface area contributed by atoms with Crippen molar-refractivity contribution in [3.63, 3.8) is 0 Å². The van der Waals surface area contributed by atoms with Gasteiger partial charge in [-0.2, -0.15) is 0 Å². The molecule has 1 aromatic heterocycles. The molecule has 2 aromatic rings. The predicted octanol–water partition coefficient (Wildman–Crippen LogP) is 0.540. The van der Waals surface area contributed by atoms with Crippen LogP contribution in [0.4, 0.5) is 5.69 Å². The normalized spacial score (nSPS) is 23.2. The molecule has 0 aliphatic carbocycles. The van der Waals surface area contributed by atoms with Crippen molar-refractivity contribution < 1.29 is 26.7 Å². The van der Waals surface area contributed by atoms with Crippen molar-refractivity contribution in [3.8, 4) is 0 Å². The van der Waals surface area contributed by atoms with E-state index in [2.05, 4.69) is 41.5 Å². The standard InChI is InChI=1S/C18H21N2OS2.BrH/c1-13-6-7-14(2)15(11-13)19-12-18(21,16-5-3-9-22-16)20-8-4-10-23-17(19)20;/h3,5-7,9,11,21H,4,8,10,12H2,1-2H3;1H/q+1;/p-1. The highest BCUT2D eigenvalue weighted by Crippen LogP contribution is 2.40. The number of aliphatic hydroxyl groups is 1. The summed E-state index contributed by atoms with van der Waals surface area (Å²) in [5.41, 5.74) is 2.81. The summed E-state index contributed by atoms with van der Waals surface area (Å²) in [6, 6.07) is 10.6. The smallest absolute Gasteiger partial charge is 0.316 e. The van der Waals surface area contributed by atoms with E-state index in [1.54, 1.807) is 11.3 Å². The number of aryl methyl sites for hydroxylation is 2. The van der Waals surface area contributed by atoms with Crippen LogP contribution in [0.5, 0.6) is 0 Å². The second kappa shape index (κ2) is 6.83. The van der Waals surface area contributed by atoms with Crippen LogP contribution in [0.1, 0.15) is 22.4 Å². The highest BCUT2D eigenvalue weighted by Gasteiger charge is 2.54. The number of benzene rings is 1.